The van der Waals surface area contributed by atoms with Crippen LogP contribution < -0.4 is 10.1 Å². The summed E-state index contributed by atoms with van der Waals surface area (Å²) >= 11 is 0. The minimum atomic E-state index is -1.29. The molecular weight excluding hydrogens is 265 g/mol. The molecule has 3 rings (SSSR count). The predicted octanol–water partition coefficient (Wildman–Crippen LogP) is 1.63. The van der Waals surface area contributed by atoms with Crippen molar-refractivity contribution in [3.05, 3.63) is 29.6 Å². The van der Waals surface area contributed by atoms with Gasteiger partial charge < -0.3 is 15.2 Å². The monoisotopic (exact) mass is 279 g/mol. The van der Waals surface area contributed by atoms with Gasteiger partial charge in [0.1, 0.15) is 5.41 Å². The second-order valence-electron chi connectivity index (χ2n) is 5.21. The van der Waals surface area contributed by atoms with Crippen LogP contribution in [0.15, 0.2) is 18.2 Å². The number of benzene rings is 1. The molecule has 1 aliphatic carbocycles. The Morgan fingerprint density at radius 1 is 1.40 bits per heavy atom. The Labute approximate surface area is 114 Å². The molecule has 1 aromatic carbocycles. The van der Waals surface area contributed by atoms with Crippen LogP contribution in [0, 0.1) is 11.2 Å². The number of nitrogens with one attached hydrogen (secondary N) is 1. The molecule has 0 unspecified atom stereocenters. The Bertz CT molecular complexity index is 583. The maximum absolute atomic E-state index is 13.6. The normalized spacial score (nSPS) is 22.4. The van der Waals surface area contributed by atoms with E-state index in [1.165, 1.54) is 6.07 Å². The fourth-order valence-electron chi connectivity index (χ4n) is 2.50. The van der Waals surface area contributed by atoms with E-state index in [4.69, 9.17) is 9.84 Å². The Hall–Kier alpha value is -2.11. The van der Waals surface area contributed by atoms with Crippen LogP contribution in [0.4, 0.5) is 4.39 Å². The molecule has 1 amide bonds. The quantitative estimate of drug-likeness (QED) is 0.825. The summed E-state index contributed by atoms with van der Waals surface area (Å²) in [5.41, 5.74) is -0.725. The van der Waals surface area contributed by atoms with Crippen LogP contribution in [-0.4, -0.2) is 23.6 Å². The lowest BCUT2D eigenvalue weighted by atomic mass is 9.98. The van der Waals surface area contributed by atoms with Crippen LogP contribution in [0.2, 0.25) is 0 Å². The number of carbonyl (C=O) groups excluding carboxylic acids is 1. The summed E-state index contributed by atoms with van der Waals surface area (Å²) in [6, 6.07) is 4.12. The number of fused-ring (bicyclic) bond motifs is 1. The number of halogens is 1. The van der Waals surface area contributed by atoms with Gasteiger partial charge in [0.2, 0.25) is 5.91 Å². The number of hydrogen-bond donors (Lipinski definition) is 2. The minimum absolute atomic E-state index is 0.143. The molecule has 5 nitrogen and oxygen atoms in total. The molecule has 1 fully saturated rings. The van der Waals surface area contributed by atoms with Gasteiger partial charge in [0.05, 0.1) is 12.6 Å². The molecule has 106 valence electrons. The van der Waals surface area contributed by atoms with Crippen molar-refractivity contribution >= 4 is 11.9 Å². The zero-order chi connectivity index (χ0) is 14.3. The van der Waals surface area contributed by atoms with Crippen LogP contribution in [0.25, 0.3) is 0 Å². The second-order valence-corrected chi connectivity index (χ2v) is 5.21. The summed E-state index contributed by atoms with van der Waals surface area (Å²) in [6.07, 6.45) is 1.21. The van der Waals surface area contributed by atoms with E-state index in [0.29, 0.717) is 31.4 Å². The molecule has 20 heavy (non-hydrogen) atoms. The highest BCUT2D eigenvalue weighted by Gasteiger charge is 2.57. The highest BCUT2D eigenvalue weighted by Crippen LogP contribution is 2.47. The van der Waals surface area contributed by atoms with Crippen molar-refractivity contribution in [3.8, 4) is 5.75 Å². The van der Waals surface area contributed by atoms with Crippen LogP contribution in [0.3, 0.4) is 0 Å². The maximum atomic E-state index is 13.6. The third kappa shape index (κ3) is 1.92. The van der Waals surface area contributed by atoms with Gasteiger partial charge in [-0.2, -0.15) is 0 Å². The highest BCUT2D eigenvalue weighted by molar-refractivity contribution is 6.05. The van der Waals surface area contributed by atoms with Gasteiger partial charge in [0, 0.05) is 12.0 Å². The fraction of sp³-hybridized carbons (Fsp3) is 0.429. The van der Waals surface area contributed by atoms with Crippen molar-refractivity contribution in [1.29, 1.82) is 0 Å². The molecule has 0 spiro atoms. The molecule has 2 aliphatic rings. The highest BCUT2D eigenvalue weighted by atomic mass is 19.1. The Morgan fingerprint density at radius 2 is 2.15 bits per heavy atom. The van der Waals surface area contributed by atoms with Crippen molar-refractivity contribution in [3.63, 3.8) is 0 Å². The summed E-state index contributed by atoms with van der Waals surface area (Å²) < 4.78 is 18.9. The molecule has 0 bridgehead atoms. The molecule has 1 aromatic rings. The topological polar surface area (TPSA) is 75.6 Å². The molecule has 6 heteroatoms. The number of ether oxygens (including phenoxy) is 1. The van der Waals surface area contributed by atoms with E-state index in [1.54, 1.807) is 12.1 Å². The molecule has 0 aromatic heterocycles. The van der Waals surface area contributed by atoms with Crippen LogP contribution >= 0.6 is 0 Å². The maximum Gasteiger partial charge on any atom is 0.319 e. The summed E-state index contributed by atoms with van der Waals surface area (Å²) in [5.74, 6) is -1.92. The minimum Gasteiger partial charge on any atom is -0.490 e. The zero-order valence-corrected chi connectivity index (χ0v) is 10.7. The van der Waals surface area contributed by atoms with Crippen LogP contribution in [0.1, 0.15) is 30.9 Å². The summed E-state index contributed by atoms with van der Waals surface area (Å²) in [4.78, 5) is 23.2. The average Bonchev–Trinajstić information content (AvgIpc) is 3.21. The van der Waals surface area contributed by atoms with E-state index < -0.39 is 29.2 Å². The van der Waals surface area contributed by atoms with Crippen molar-refractivity contribution in [2.45, 2.75) is 25.3 Å². The number of para-hydroxylation sites is 1. The first-order chi connectivity index (χ1) is 9.54. The van der Waals surface area contributed by atoms with Crippen molar-refractivity contribution < 1.29 is 23.8 Å². The number of hydrogen-bond acceptors (Lipinski definition) is 3. The molecule has 1 saturated carbocycles. The van der Waals surface area contributed by atoms with Crippen molar-refractivity contribution in [1.82, 2.24) is 5.32 Å². The molecule has 0 saturated heterocycles. The first kappa shape index (κ1) is 12.9. The van der Waals surface area contributed by atoms with Crippen LogP contribution in [-0.2, 0) is 9.59 Å². The second kappa shape index (κ2) is 4.47. The van der Waals surface area contributed by atoms with E-state index in [9.17, 15) is 14.0 Å². The number of amides is 1. The van der Waals surface area contributed by atoms with E-state index in [-0.39, 0.29) is 5.75 Å². The fourth-order valence-corrected chi connectivity index (χ4v) is 2.50. The number of rotatable bonds is 3. The molecule has 1 heterocycles. The largest absolute Gasteiger partial charge is 0.490 e. The summed E-state index contributed by atoms with van der Waals surface area (Å²) in [6.45, 7) is 0.291. The van der Waals surface area contributed by atoms with Crippen molar-refractivity contribution in [2.75, 3.05) is 6.61 Å². The lowest BCUT2D eigenvalue weighted by Gasteiger charge is -2.27. The SMILES string of the molecule is O=C(O)C1(C(=O)N[C@@H]2CCOc3c(F)cccc32)CC1. The molecule has 1 atom stereocenters. The standard InChI is InChI=1S/C14H14FNO4/c15-9-3-1-2-8-10(4-7-20-11(8)9)16-12(17)14(5-6-14)13(18)19/h1-3,10H,4-7H2,(H,16,17)(H,18,19)/t10-/m1/s1. The van der Waals surface area contributed by atoms with Gasteiger partial charge in [0.25, 0.3) is 0 Å². The van der Waals surface area contributed by atoms with Crippen LogP contribution in [0.5, 0.6) is 5.75 Å². The first-order valence-electron chi connectivity index (χ1n) is 6.50. The predicted molar refractivity (Wildman–Crippen MR) is 66.7 cm³/mol. The van der Waals surface area contributed by atoms with Gasteiger partial charge in [-0.05, 0) is 18.9 Å². The average molecular weight is 279 g/mol. The third-order valence-electron chi connectivity index (χ3n) is 3.93. The summed E-state index contributed by atoms with van der Waals surface area (Å²) in [7, 11) is 0. The van der Waals surface area contributed by atoms with Gasteiger partial charge in [-0.25, -0.2) is 4.39 Å². The smallest absolute Gasteiger partial charge is 0.319 e. The first-order valence-corrected chi connectivity index (χ1v) is 6.50. The lowest BCUT2D eigenvalue weighted by molar-refractivity contribution is -0.149. The number of aliphatic carboxylic acids is 1. The van der Waals surface area contributed by atoms with E-state index in [0.717, 1.165) is 0 Å². The van der Waals surface area contributed by atoms with Gasteiger partial charge >= 0.3 is 5.97 Å². The Kier molecular flexibility index (Phi) is 2.88. The number of carbonyl (C=O) groups is 2. The third-order valence-corrected chi connectivity index (χ3v) is 3.93. The summed E-state index contributed by atoms with van der Waals surface area (Å²) in [5, 5.41) is 11.8. The van der Waals surface area contributed by atoms with Gasteiger partial charge in [-0.15, -0.1) is 0 Å². The lowest BCUT2D eigenvalue weighted by Crippen LogP contribution is -2.40. The zero-order valence-electron chi connectivity index (χ0n) is 10.7. The van der Waals surface area contributed by atoms with Gasteiger partial charge in [0.15, 0.2) is 11.6 Å². The molecule has 1 aliphatic heterocycles. The number of carboxylic acid groups (broad SMARTS) is 1. The number of carboxylic acids is 1. The Morgan fingerprint density at radius 3 is 2.80 bits per heavy atom. The molecular formula is C14H14FNO4. The van der Waals surface area contributed by atoms with Crippen molar-refractivity contribution in [2.24, 2.45) is 5.41 Å². The van der Waals surface area contributed by atoms with E-state index in [1.807, 2.05) is 0 Å². The van der Waals surface area contributed by atoms with Gasteiger partial charge in [-0.1, -0.05) is 12.1 Å². The van der Waals surface area contributed by atoms with Gasteiger partial charge in [-0.3, -0.25) is 9.59 Å². The molecule has 2 N–H and O–H groups in total. The Balaban J connectivity index is 1.82. The van der Waals surface area contributed by atoms with E-state index >= 15 is 0 Å². The van der Waals surface area contributed by atoms with E-state index in [2.05, 4.69) is 5.32 Å². The molecule has 0 radical (unpaired) electrons.